The van der Waals surface area contributed by atoms with E-state index in [1.54, 1.807) is 0 Å². The number of carbonyl (C=O) groups excluding carboxylic acids is 2. The van der Waals surface area contributed by atoms with Gasteiger partial charge in [0.2, 0.25) is 0 Å². The summed E-state index contributed by atoms with van der Waals surface area (Å²) in [6.07, 6.45) is 1.76. The number of ketones is 1. The van der Waals surface area contributed by atoms with Gasteiger partial charge in [-0.3, -0.25) is 33.3 Å². The Morgan fingerprint density at radius 1 is 0.792 bits per heavy atom. The van der Waals surface area contributed by atoms with Crippen LogP contribution in [0.15, 0.2) is 43.5 Å². The van der Waals surface area contributed by atoms with E-state index in [-0.39, 0.29) is 21.5 Å². The van der Waals surface area contributed by atoms with Crippen molar-refractivity contribution in [3.8, 4) is 0 Å². The van der Waals surface area contributed by atoms with Crippen LogP contribution in [0.4, 0.5) is 0 Å². The van der Waals surface area contributed by atoms with Crippen molar-refractivity contribution in [2.45, 2.75) is 6.92 Å². The zero-order valence-corrected chi connectivity index (χ0v) is 12.7. The highest BCUT2D eigenvalue weighted by Crippen LogP contribution is 2.14. The van der Waals surface area contributed by atoms with Crippen molar-refractivity contribution in [2.75, 3.05) is 0 Å². The van der Waals surface area contributed by atoms with Gasteiger partial charge in [-0.2, -0.15) is 0 Å². The first kappa shape index (κ1) is 15.5. The van der Waals surface area contributed by atoms with Crippen molar-refractivity contribution in [1.29, 1.82) is 0 Å². The molecule has 0 spiro atoms. The summed E-state index contributed by atoms with van der Waals surface area (Å²) in [6.45, 7) is 1.21. The van der Waals surface area contributed by atoms with Crippen LogP contribution in [-0.2, 0) is 11.8 Å². The van der Waals surface area contributed by atoms with E-state index in [1.165, 1.54) is 14.0 Å². The highest BCUT2D eigenvalue weighted by molar-refractivity contribution is 6.02. The van der Waals surface area contributed by atoms with E-state index < -0.39 is 33.9 Å². The number of allylic oxidation sites excluding steroid dienone is 2. The first-order valence-corrected chi connectivity index (χ1v) is 6.86. The van der Waals surface area contributed by atoms with E-state index in [2.05, 4.69) is 0 Å². The maximum atomic E-state index is 12.3. The fourth-order valence-electron chi connectivity index (χ4n) is 2.56. The Balaban J connectivity index is 2.41. The molecule has 0 atom stereocenters. The van der Waals surface area contributed by atoms with Gasteiger partial charge in [0.15, 0.2) is 5.78 Å². The molecule has 0 aliphatic rings. The molecule has 120 valence electrons. The molecule has 0 saturated heterocycles. The second kappa shape index (κ2) is 5.05. The van der Waals surface area contributed by atoms with Gasteiger partial charge in [0.1, 0.15) is 0 Å². The summed E-state index contributed by atoms with van der Waals surface area (Å²) in [5, 5.41) is -0.230. The van der Waals surface area contributed by atoms with Crippen LogP contribution in [-0.4, -0.2) is 20.8 Å². The molecule has 3 aromatic rings. The fourth-order valence-corrected chi connectivity index (χ4v) is 2.56. The van der Waals surface area contributed by atoms with Gasteiger partial charge in [0.25, 0.3) is 28.1 Å². The van der Waals surface area contributed by atoms with E-state index >= 15 is 0 Å². The van der Waals surface area contributed by atoms with E-state index in [0.29, 0.717) is 4.57 Å². The van der Waals surface area contributed by atoms with Crippen molar-refractivity contribution in [3.05, 3.63) is 65.7 Å². The van der Waals surface area contributed by atoms with Gasteiger partial charge in [-0.25, -0.2) is 4.57 Å². The van der Waals surface area contributed by atoms with Crippen molar-refractivity contribution < 1.29 is 9.59 Å². The minimum atomic E-state index is -0.966. The monoisotopic (exact) mass is 326 g/mol. The summed E-state index contributed by atoms with van der Waals surface area (Å²) in [7, 11) is 1.29. The molecule has 8 nitrogen and oxygen atoms in total. The molecule has 0 fully saturated rings. The van der Waals surface area contributed by atoms with Crippen LogP contribution in [0.1, 0.15) is 11.7 Å². The molecule has 0 aliphatic heterocycles. The zero-order chi connectivity index (χ0) is 17.8. The summed E-state index contributed by atoms with van der Waals surface area (Å²) in [5.74, 6) is -1.38. The maximum absolute atomic E-state index is 12.3. The Bertz CT molecular complexity index is 1200. The van der Waals surface area contributed by atoms with Gasteiger partial charge in [0, 0.05) is 13.1 Å². The molecule has 1 aromatic carbocycles. The molecule has 2 aromatic heterocycles. The second-order valence-corrected chi connectivity index (χ2v) is 5.34. The lowest BCUT2D eigenvalue weighted by Gasteiger charge is -1.90. The van der Waals surface area contributed by atoms with Gasteiger partial charge >= 0.3 is 0 Å². The topological polar surface area (TPSA) is 112 Å². The predicted octanol–water partition coefficient (Wildman–Crippen LogP) is -0.765. The smallest absolute Gasteiger partial charge is 0.268 e. The van der Waals surface area contributed by atoms with Gasteiger partial charge in [0.05, 0.1) is 21.5 Å². The number of aromatic nitrogens is 2. The number of carbonyl (C=O) groups is 2. The third kappa shape index (κ3) is 2.00. The van der Waals surface area contributed by atoms with Crippen LogP contribution in [0.3, 0.4) is 0 Å². The minimum Gasteiger partial charge on any atom is -0.295 e. The number of benzene rings is 1. The van der Waals surface area contributed by atoms with Crippen molar-refractivity contribution in [2.24, 2.45) is 7.05 Å². The molecule has 0 saturated carbocycles. The molecule has 0 unspecified atom stereocenters. The Morgan fingerprint density at radius 2 is 1.21 bits per heavy atom. The molecule has 8 heteroatoms. The third-order valence-electron chi connectivity index (χ3n) is 3.78. The highest BCUT2D eigenvalue weighted by atomic mass is 16.2. The molecule has 0 N–H and O–H groups in total. The summed E-state index contributed by atoms with van der Waals surface area (Å²) in [5.41, 5.74) is -2.96. The van der Waals surface area contributed by atoms with Crippen LogP contribution in [0.2, 0.25) is 0 Å². The van der Waals surface area contributed by atoms with Crippen molar-refractivity contribution >= 4 is 33.2 Å². The van der Waals surface area contributed by atoms with Crippen LogP contribution in [0.5, 0.6) is 0 Å². The number of fused-ring (bicyclic) bond motifs is 2. The molecular weight excluding hydrogens is 316 g/mol. The standard InChI is InChI=1S/C16H10N2O6/c1-7(19)3-4-12(20)18-15(23)10-5-8-9(6-11(10)16(18)24)14(22)17(2)13(8)21/h3-6H,1-2H3/b4-3-. The fraction of sp³-hybridized carbons (Fsp3) is 0.125. The highest BCUT2D eigenvalue weighted by Gasteiger charge is 2.20. The zero-order valence-electron chi connectivity index (χ0n) is 12.7. The molecule has 0 radical (unpaired) electrons. The van der Waals surface area contributed by atoms with Crippen LogP contribution in [0.25, 0.3) is 21.5 Å². The number of hydrogen-bond donors (Lipinski definition) is 0. The van der Waals surface area contributed by atoms with Gasteiger partial charge in [-0.05, 0) is 25.1 Å². The minimum absolute atomic E-state index is 0.0102. The lowest BCUT2D eigenvalue weighted by molar-refractivity contribution is -0.112. The van der Waals surface area contributed by atoms with Crippen molar-refractivity contribution in [3.63, 3.8) is 0 Å². The lowest BCUT2D eigenvalue weighted by atomic mass is 10.1. The molecule has 0 bridgehead atoms. The van der Waals surface area contributed by atoms with Gasteiger partial charge < -0.3 is 0 Å². The molecule has 24 heavy (non-hydrogen) atoms. The van der Waals surface area contributed by atoms with E-state index in [9.17, 15) is 28.8 Å². The lowest BCUT2D eigenvalue weighted by Crippen LogP contribution is -2.30. The Morgan fingerprint density at radius 3 is 1.62 bits per heavy atom. The van der Waals surface area contributed by atoms with Crippen molar-refractivity contribution in [1.82, 2.24) is 9.13 Å². The second-order valence-electron chi connectivity index (χ2n) is 5.34. The van der Waals surface area contributed by atoms with E-state index in [4.69, 9.17) is 0 Å². The largest absolute Gasteiger partial charge is 0.295 e. The molecule has 0 aliphatic carbocycles. The summed E-state index contributed by atoms with van der Waals surface area (Å²) in [4.78, 5) is 71.4. The summed E-state index contributed by atoms with van der Waals surface area (Å²) >= 11 is 0. The van der Waals surface area contributed by atoms with Crippen LogP contribution in [0, 0.1) is 0 Å². The molecular formula is C16H10N2O6. The quantitative estimate of drug-likeness (QED) is 0.572. The third-order valence-corrected chi connectivity index (χ3v) is 3.78. The first-order chi connectivity index (χ1) is 11.2. The normalized spacial score (nSPS) is 11.8. The Hall–Kier alpha value is -3.42. The van der Waals surface area contributed by atoms with E-state index in [1.807, 2.05) is 0 Å². The van der Waals surface area contributed by atoms with Gasteiger partial charge in [-0.1, -0.05) is 0 Å². The average Bonchev–Trinajstić information content (AvgIpc) is 2.91. The van der Waals surface area contributed by atoms with Crippen LogP contribution >= 0.6 is 0 Å². The maximum Gasteiger partial charge on any atom is 0.268 e. The molecule has 3 rings (SSSR count). The Labute approximate surface area is 132 Å². The summed E-state index contributed by atoms with van der Waals surface area (Å²) in [6, 6.07) is 2.30. The van der Waals surface area contributed by atoms with Gasteiger partial charge in [-0.15, -0.1) is 0 Å². The van der Waals surface area contributed by atoms with Crippen LogP contribution < -0.4 is 22.2 Å². The van der Waals surface area contributed by atoms with E-state index in [0.717, 1.165) is 28.9 Å². The number of nitrogens with zero attached hydrogens (tertiary/aromatic N) is 2. The Kier molecular flexibility index (Phi) is 3.26. The average molecular weight is 326 g/mol. The predicted molar refractivity (Wildman–Crippen MR) is 86.3 cm³/mol. The summed E-state index contributed by atoms with van der Waals surface area (Å²) < 4.78 is 1.26. The molecule has 0 amide bonds. The SMILES string of the molecule is CC(=O)/C=C\C(=O)n1c(=O)c2cc3c(=O)n(C)c(=O)c3cc2c1=O. The number of rotatable bonds is 2. The number of hydrogen-bond acceptors (Lipinski definition) is 6. The molecule has 2 heterocycles. The first-order valence-electron chi connectivity index (χ1n) is 6.86.